The molecule has 110 valence electrons. The van der Waals surface area contributed by atoms with E-state index in [4.69, 9.17) is 5.11 Å². The van der Waals surface area contributed by atoms with Gasteiger partial charge in [0.2, 0.25) is 0 Å². The minimum Gasteiger partial charge on any atom is -0.480 e. The number of carbonyl (C=O) groups is 2. The van der Waals surface area contributed by atoms with Gasteiger partial charge in [0.1, 0.15) is 6.04 Å². The Labute approximate surface area is 122 Å². The van der Waals surface area contributed by atoms with Gasteiger partial charge in [-0.2, -0.15) is 0 Å². The van der Waals surface area contributed by atoms with Crippen molar-refractivity contribution < 1.29 is 14.7 Å². The van der Waals surface area contributed by atoms with E-state index in [1.165, 1.54) is 10.4 Å². The molecule has 5 nitrogen and oxygen atoms in total. The number of nitrogens with zero attached hydrogens (tertiary/aromatic N) is 1. The summed E-state index contributed by atoms with van der Waals surface area (Å²) in [6, 6.07) is 0.934. The molecule has 1 aliphatic rings. The van der Waals surface area contributed by atoms with Crippen LogP contribution in [0.15, 0.2) is 11.4 Å². The van der Waals surface area contributed by atoms with Gasteiger partial charge in [-0.15, -0.1) is 11.3 Å². The third-order valence-electron chi connectivity index (χ3n) is 3.40. The topological polar surface area (TPSA) is 69.6 Å². The molecule has 2 heterocycles. The standard InChI is InChI=1S/C14H20N2O3S/c1-9(2)7-11(13(17)18)15-14(19)16-5-3-12-10(8-16)4-6-20-12/h4,6,9,11H,3,5,7-8H2,1-2H3,(H,15,19)(H,17,18)/t11-/m0/s1. The second kappa shape index (κ2) is 6.26. The van der Waals surface area contributed by atoms with E-state index in [0.29, 0.717) is 19.5 Å². The molecule has 0 fully saturated rings. The first-order valence-electron chi connectivity index (χ1n) is 6.81. The summed E-state index contributed by atoms with van der Waals surface area (Å²) in [7, 11) is 0. The molecule has 0 saturated heterocycles. The van der Waals surface area contributed by atoms with Gasteiger partial charge in [-0.1, -0.05) is 13.8 Å². The molecule has 1 atom stereocenters. The average Bonchev–Trinajstić information content (AvgIpc) is 2.84. The van der Waals surface area contributed by atoms with Gasteiger partial charge in [0.25, 0.3) is 0 Å². The van der Waals surface area contributed by atoms with Crippen molar-refractivity contribution >= 4 is 23.3 Å². The van der Waals surface area contributed by atoms with Gasteiger partial charge in [0.15, 0.2) is 0 Å². The third-order valence-corrected chi connectivity index (χ3v) is 4.42. The lowest BCUT2D eigenvalue weighted by Crippen LogP contribution is -2.49. The van der Waals surface area contributed by atoms with Crippen LogP contribution in [-0.4, -0.2) is 34.6 Å². The number of fused-ring (bicyclic) bond motifs is 1. The fraction of sp³-hybridized carbons (Fsp3) is 0.571. The number of rotatable bonds is 4. The molecule has 2 N–H and O–H groups in total. The first-order valence-corrected chi connectivity index (χ1v) is 7.69. The zero-order chi connectivity index (χ0) is 14.7. The summed E-state index contributed by atoms with van der Waals surface area (Å²) in [6.07, 6.45) is 1.29. The van der Waals surface area contributed by atoms with Crippen molar-refractivity contribution in [1.29, 1.82) is 0 Å². The zero-order valence-electron chi connectivity index (χ0n) is 11.8. The zero-order valence-corrected chi connectivity index (χ0v) is 12.6. The van der Waals surface area contributed by atoms with E-state index < -0.39 is 12.0 Å². The van der Waals surface area contributed by atoms with Crippen LogP contribution >= 0.6 is 11.3 Å². The van der Waals surface area contributed by atoms with E-state index in [9.17, 15) is 9.59 Å². The molecule has 1 aliphatic heterocycles. The van der Waals surface area contributed by atoms with Crippen LogP contribution in [0.1, 0.15) is 30.7 Å². The summed E-state index contributed by atoms with van der Waals surface area (Å²) < 4.78 is 0. The van der Waals surface area contributed by atoms with Gasteiger partial charge in [0.05, 0.1) is 0 Å². The van der Waals surface area contributed by atoms with Crippen LogP contribution in [-0.2, 0) is 17.8 Å². The third kappa shape index (κ3) is 3.50. The maximum Gasteiger partial charge on any atom is 0.326 e. The maximum absolute atomic E-state index is 12.2. The van der Waals surface area contributed by atoms with E-state index in [0.717, 1.165) is 6.42 Å². The first-order chi connectivity index (χ1) is 9.47. The van der Waals surface area contributed by atoms with Gasteiger partial charge >= 0.3 is 12.0 Å². The Morgan fingerprint density at radius 3 is 2.90 bits per heavy atom. The lowest BCUT2D eigenvalue weighted by Gasteiger charge is -2.28. The summed E-state index contributed by atoms with van der Waals surface area (Å²) >= 11 is 1.71. The van der Waals surface area contributed by atoms with Crippen LogP contribution < -0.4 is 5.32 Å². The van der Waals surface area contributed by atoms with Crippen LogP contribution in [0.2, 0.25) is 0 Å². The monoisotopic (exact) mass is 296 g/mol. The number of hydrogen-bond acceptors (Lipinski definition) is 3. The van der Waals surface area contributed by atoms with Crippen LogP contribution in [0.5, 0.6) is 0 Å². The molecular weight excluding hydrogens is 276 g/mol. The lowest BCUT2D eigenvalue weighted by atomic mass is 10.0. The number of urea groups is 1. The minimum absolute atomic E-state index is 0.223. The molecule has 0 bridgehead atoms. The Morgan fingerprint density at radius 1 is 1.50 bits per heavy atom. The lowest BCUT2D eigenvalue weighted by molar-refractivity contribution is -0.139. The Hall–Kier alpha value is -1.56. The first kappa shape index (κ1) is 14.8. The molecule has 0 aliphatic carbocycles. The van der Waals surface area contributed by atoms with Gasteiger partial charge in [0, 0.05) is 18.0 Å². The molecular formula is C14H20N2O3S. The van der Waals surface area contributed by atoms with Crippen LogP contribution in [0.3, 0.4) is 0 Å². The number of carboxylic acid groups (broad SMARTS) is 1. The van der Waals surface area contributed by atoms with Crippen LogP contribution in [0.25, 0.3) is 0 Å². The summed E-state index contributed by atoms with van der Waals surface area (Å²) in [5.74, 6) is -0.749. The Morgan fingerprint density at radius 2 is 2.25 bits per heavy atom. The van der Waals surface area contributed by atoms with Crippen molar-refractivity contribution in [2.45, 2.75) is 39.3 Å². The molecule has 1 aromatic rings. The summed E-state index contributed by atoms with van der Waals surface area (Å²) in [6.45, 7) is 5.10. The molecule has 0 saturated carbocycles. The number of amides is 2. The molecule has 20 heavy (non-hydrogen) atoms. The molecule has 1 aromatic heterocycles. The smallest absolute Gasteiger partial charge is 0.326 e. The average molecular weight is 296 g/mol. The van der Waals surface area contributed by atoms with Crippen molar-refractivity contribution in [1.82, 2.24) is 10.2 Å². The number of aliphatic carboxylic acids is 1. The second-order valence-electron chi connectivity index (χ2n) is 5.51. The molecule has 0 aromatic carbocycles. The molecule has 2 amide bonds. The Balaban J connectivity index is 1.96. The normalized spacial score (nSPS) is 15.8. The molecule has 2 rings (SSSR count). The van der Waals surface area contributed by atoms with Crippen molar-refractivity contribution in [3.05, 3.63) is 21.9 Å². The largest absolute Gasteiger partial charge is 0.480 e. The number of carbonyl (C=O) groups excluding carboxylic acids is 1. The molecule has 0 spiro atoms. The number of nitrogens with one attached hydrogen (secondary N) is 1. The highest BCUT2D eigenvalue weighted by molar-refractivity contribution is 7.10. The van der Waals surface area contributed by atoms with Crippen LogP contribution in [0, 0.1) is 5.92 Å². The fourth-order valence-corrected chi connectivity index (χ4v) is 3.24. The number of carboxylic acids is 1. The van der Waals surface area contributed by atoms with Gasteiger partial charge in [-0.05, 0) is 35.8 Å². The second-order valence-corrected chi connectivity index (χ2v) is 6.51. The van der Waals surface area contributed by atoms with Crippen molar-refractivity contribution in [2.75, 3.05) is 6.54 Å². The summed E-state index contributed by atoms with van der Waals surface area (Å²) in [4.78, 5) is 26.4. The van der Waals surface area contributed by atoms with E-state index in [-0.39, 0.29) is 11.9 Å². The Bertz CT molecular complexity index is 498. The maximum atomic E-state index is 12.2. The van der Waals surface area contributed by atoms with Crippen molar-refractivity contribution in [3.8, 4) is 0 Å². The van der Waals surface area contributed by atoms with E-state index in [2.05, 4.69) is 5.32 Å². The molecule has 0 radical (unpaired) electrons. The minimum atomic E-state index is -0.972. The highest BCUT2D eigenvalue weighted by atomic mass is 32.1. The van der Waals surface area contributed by atoms with Gasteiger partial charge < -0.3 is 15.3 Å². The predicted octanol–water partition coefficient (Wildman–Crippen LogP) is 2.32. The molecule has 0 unspecified atom stereocenters. The van der Waals surface area contributed by atoms with E-state index in [1.807, 2.05) is 25.3 Å². The highest BCUT2D eigenvalue weighted by Gasteiger charge is 2.26. The quantitative estimate of drug-likeness (QED) is 0.896. The van der Waals surface area contributed by atoms with Crippen LogP contribution in [0.4, 0.5) is 4.79 Å². The fourth-order valence-electron chi connectivity index (χ4n) is 2.36. The van der Waals surface area contributed by atoms with E-state index in [1.54, 1.807) is 16.2 Å². The predicted molar refractivity (Wildman–Crippen MR) is 77.8 cm³/mol. The summed E-state index contributed by atoms with van der Waals surface area (Å²) in [5, 5.41) is 13.8. The van der Waals surface area contributed by atoms with Crippen molar-refractivity contribution in [3.63, 3.8) is 0 Å². The van der Waals surface area contributed by atoms with Crippen molar-refractivity contribution in [2.24, 2.45) is 5.92 Å². The van der Waals surface area contributed by atoms with Gasteiger partial charge in [-0.25, -0.2) is 9.59 Å². The summed E-state index contributed by atoms with van der Waals surface area (Å²) in [5.41, 5.74) is 1.17. The number of thiophene rings is 1. The van der Waals surface area contributed by atoms with Gasteiger partial charge in [-0.3, -0.25) is 0 Å². The highest BCUT2D eigenvalue weighted by Crippen LogP contribution is 2.24. The van der Waals surface area contributed by atoms with E-state index >= 15 is 0 Å². The number of hydrogen-bond donors (Lipinski definition) is 2. The molecule has 6 heteroatoms. The Kier molecular flexibility index (Phi) is 4.65. The SMILES string of the molecule is CC(C)C[C@H](NC(=O)N1CCc2sccc2C1)C(=O)O.